The van der Waals surface area contributed by atoms with E-state index in [9.17, 15) is 8.42 Å². The smallest absolute Gasteiger partial charge is 0.180 e. The monoisotopic (exact) mass is 323 g/mol. The summed E-state index contributed by atoms with van der Waals surface area (Å²) in [5.74, 6) is 1.71. The second-order valence-electron chi connectivity index (χ2n) is 3.21. The highest BCUT2D eigenvalue weighted by atomic mass is 79.9. The Labute approximate surface area is 109 Å². The quantitative estimate of drug-likeness (QED) is 0.668. The van der Waals surface area contributed by atoms with E-state index in [1.54, 1.807) is 30.0 Å². The molecule has 0 aliphatic carbocycles. The van der Waals surface area contributed by atoms with Gasteiger partial charge in [0.15, 0.2) is 9.84 Å². The predicted molar refractivity (Wildman–Crippen MR) is 73.6 cm³/mol. The van der Waals surface area contributed by atoms with Gasteiger partial charge in [0.2, 0.25) is 0 Å². The van der Waals surface area contributed by atoms with Gasteiger partial charge in [-0.15, -0.1) is 0 Å². The lowest BCUT2D eigenvalue weighted by Gasteiger charge is -2.06. The first-order valence-corrected chi connectivity index (χ1v) is 8.43. The summed E-state index contributed by atoms with van der Waals surface area (Å²) in [6.07, 6.45) is 0. The molecule has 0 amide bonds. The maximum absolute atomic E-state index is 12.0. The lowest BCUT2D eigenvalue weighted by Crippen LogP contribution is -2.10. The number of halogens is 1. The Morgan fingerprint density at radius 2 is 2.12 bits per heavy atom. The third-order valence-corrected chi connectivity index (χ3v) is 5.84. The molecule has 0 aliphatic rings. The minimum absolute atomic E-state index is 0.161. The van der Waals surface area contributed by atoms with Crippen LogP contribution in [-0.4, -0.2) is 25.7 Å². The summed E-state index contributed by atoms with van der Waals surface area (Å²) in [6, 6.07) is 4.76. The van der Waals surface area contributed by atoms with Crippen LogP contribution in [0.15, 0.2) is 27.6 Å². The van der Waals surface area contributed by atoms with E-state index in [1.807, 2.05) is 6.92 Å². The number of sulfone groups is 1. The van der Waals surface area contributed by atoms with Crippen LogP contribution in [0.5, 0.6) is 0 Å². The van der Waals surface area contributed by atoms with Crippen molar-refractivity contribution in [2.45, 2.75) is 11.8 Å². The molecule has 0 spiro atoms. The van der Waals surface area contributed by atoms with E-state index >= 15 is 0 Å². The van der Waals surface area contributed by atoms with Gasteiger partial charge >= 0.3 is 0 Å². The molecule has 90 valence electrons. The van der Waals surface area contributed by atoms with Crippen LogP contribution in [0.1, 0.15) is 6.92 Å². The SMILES string of the molecule is CCSCCS(=O)(=O)c1ccc(N)cc1Br. The highest BCUT2D eigenvalue weighted by Gasteiger charge is 2.17. The molecule has 0 saturated carbocycles. The van der Waals surface area contributed by atoms with Crippen LogP contribution in [0.2, 0.25) is 0 Å². The minimum atomic E-state index is -3.20. The molecule has 0 radical (unpaired) electrons. The van der Waals surface area contributed by atoms with E-state index in [0.717, 1.165) is 5.75 Å². The summed E-state index contributed by atoms with van der Waals surface area (Å²) in [6.45, 7) is 2.01. The zero-order chi connectivity index (χ0) is 12.2. The third kappa shape index (κ3) is 3.68. The first-order chi connectivity index (χ1) is 7.47. The van der Waals surface area contributed by atoms with E-state index in [0.29, 0.717) is 20.8 Å². The number of hydrogen-bond acceptors (Lipinski definition) is 4. The summed E-state index contributed by atoms with van der Waals surface area (Å²) in [5, 5.41) is 0. The summed E-state index contributed by atoms with van der Waals surface area (Å²) < 4.78 is 24.4. The molecule has 3 nitrogen and oxygen atoms in total. The van der Waals surface area contributed by atoms with Crippen LogP contribution in [0.25, 0.3) is 0 Å². The normalized spacial score (nSPS) is 11.6. The molecule has 2 N–H and O–H groups in total. The van der Waals surface area contributed by atoms with Gasteiger partial charge in [-0.1, -0.05) is 6.92 Å². The van der Waals surface area contributed by atoms with Crippen LogP contribution in [0.4, 0.5) is 5.69 Å². The van der Waals surface area contributed by atoms with E-state index < -0.39 is 9.84 Å². The summed E-state index contributed by atoms with van der Waals surface area (Å²) >= 11 is 4.85. The Morgan fingerprint density at radius 1 is 1.44 bits per heavy atom. The maximum Gasteiger partial charge on any atom is 0.180 e. The molecule has 1 rings (SSSR count). The first kappa shape index (κ1) is 13.9. The van der Waals surface area contributed by atoms with Gasteiger partial charge in [0, 0.05) is 15.9 Å². The fraction of sp³-hybridized carbons (Fsp3) is 0.400. The van der Waals surface area contributed by atoms with Crippen molar-refractivity contribution >= 4 is 43.2 Å². The largest absolute Gasteiger partial charge is 0.399 e. The third-order valence-electron chi connectivity index (χ3n) is 1.99. The molecule has 0 saturated heterocycles. The van der Waals surface area contributed by atoms with E-state index in [-0.39, 0.29) is 5.75 Å². The summed E-state index contributed by atoms with van der Waals surface area (Å²) in [7, 11) is -3.20. The van der Waals surface area contributed by atoms with Gasteiger partial charge in [0.05, 0.1) is 10.6 Å². The standard InChI is InChI=1S/C10H14BrNO2S2/c1-2-15-5-6-16(13,14)10-4-3-8(12)7-9(10)11/h3-4,7H,2,5-6,12H2,1H3. The zero-order valence-corrected chi connectivity index (χ0v) is 12.2. The van der Waals surface area contributed by atoms with Gasteiger partial charge in [-0.25, -0.2) is 8.42 Å². The molecule has 0 aromatic heterocycles. The van der Waals surface area contributed by atoms with Crippen molar-refractivity contribution in [3.63, 3.8) is 0 Å². The molecule has 16 heavy (non-hydrogen) atoms. The fourth-order valence-electron chi connectivity index (χ4n) is 1.19. The van der Waals surface area contributed by atoms with Crippen LogP contribution in [0.3, 0.4) is 0 Å². The number of thioether (sulfide) groups is 1. The molecule has 0 atom stereocenters. The molecule has 0 unspecified atom stereocenters. The average Bonchev–Trinajstić information content (AvgIpc) is 2.17. The Balaban J connectivity index is 2.90. The Bertz CT molecular complexity index is 460. The van der Waals surface area contributed by atoms with E-state index in [1.165, 1.54) is 0 Å². The molecular formula is C10H14BrNO2S2. The van der Waals surface area contributed by atoms with Crippen molar-refractivity contribution in [3.05, 3.63) is 22.7 Å². The van der Waals surface area contributed by atoms with Gasteiger partial charge in [0.25, 0.3) is 0 Å². The Hall–Kier alpha value is -0.200. The van der Waals surface area contributed by atoms with E-state index in [2.05, 4.69) is 15.9 Å². The number of hydrogen-bond donors (Lipinski definition) is 1. The molecule has 1 aromatic rings. The first-order valence-electron chi connectivity index (χ1n) is 4.83. The molecule has 0 fully saturated rings. The van der Waals surface area contributed by atoms with Gasteiger partial charge < -0.3 is 5.73 Å². The Kier molecular flexibility index (Phi) is 5.14. The lowest BCUT2D eigenvalue weighted by molar-refractivity contribution is 0.597. The molecule has 6 heteroatoms. The van der Waals surface area contributed by atoms with Crippen molar-refractivity contribution in [2.24, 2.45) is 0 Å². The number of benzene rings is 1. The highest BCUT2D eigenvalue weighted by Crippen LogP contribution is 2.25. The number of anilines is 1. The Morgan fingerprint density at radius 3 is 2.69 bits per heavy atom. The molecule has 1 aromatic carbocycles. The molecule has 0 aliphatic heterocycles. The fourth-order valence-corrected chi connectivity index (χ4v) is 4.82. The molecule has 0 bridgehead atoms. The topological polar surface area (TPSA) is 60.2 Å². The number of nitrogens with two attached hydrogens (primary N) is 1. The zero-order valence-electron chi connectivity index (χ0n) is 8.94. The minimum Gasteiger partial charge on any atom is -0.399 e. The second kappa shape index (κ2) is 5.93. The maximum atomic E-state index is 12.0. The summed E-state index contributed by atoms with van der Waals surface area (Å²) in [5.41, 5.74) is 6.11. The molecular weight excluding hydrogens is 310 g/mol. The summed E-state index contributed by atoms with van der Waals surface area (Å²) in [4.78, 5) is 0.318. The van der Waals surface area contributed by atoms with Crippen molar-refractivity contribution in [1.29, 1.82) is 0 Å². The molecule has 0 heterocycles. The number of nitrogen functional groups attached to an aromatic ring is 1. The van der Waals surface area contributed by atoms with Gasteiger partial charge in [-0.05, 0) is 39.9 Å². The number of rotatable bonds is 5. The van der Waals surface area contributed by atoms with Crippen molar-refractivity contribution < 1.29 is 8.42 Å². The van der Waals surface area contributed by atoms with Crippen molar-refractivity contribution in [1.82, 2.24) is 0 Å². The van der Waals surface area contributed by atoms with Crippen LogP contribution in [-0.2, 0) is 9.84 Å². The van der Waals surface area contributed by atoms with Crippen molar-refractivity contribution in [2.75, 3.05) is 23.0 Å². The van der Waals surface area contributed by atoms with Crippen LogP contribution < -0.4 is 5.73 Å². The highest BCUT2D eigenvalue weighted by molar-refractivity contribution is 9.10. The van der Waals surface area contributed by atoms with Crippen molar-refractivity contribution in [3.8, 4) is 0 Å². The predicted octanol–water partition coefficient (Wildman–Crippen LogP) is 2.56. The van der Waals surface area contributed by atoms with E-state index in [4.69, 9.17) is 5.73 Å². The van der Waals surface area contributed by atoms with Crippen LogP contribution in [0, 0.1) is 0 Å². The van der Waals surface area contributed by atoms with Crippen LogP contribution >= 0.6 is 27.7 Å². The average molecular weight is 324 g/mol. The second-order valence-corrected chi connectivity index (χ2v) is 7.53. The van der Waals surface area contributed by atoms with Gasteiger partial charge in [0.1, 0.15) is 0 Å². The van der Waals surface area contributed by atoms with Gasteiger partial charge in [-0.2, -0.15) is 11.8 Å². The van der Waals surface area contributed by atoms with Gasteiger partial charge in [-0.3, -0.25) is 0 Å². The lowest BCUT2D eigenvalue weighted by atomic mass is 10.3.